The lowest BCUT2D eigenvalue weighted by molar-refractivity contribution is 0.185. The molecule has 0 atom stereocenters. The van der Waals surface area contributed by atoms with Gasteiger partial charge in [-0.05, 0) is 37.8 Å². The van der Waals surface area contributed by atoms with Gasteiger partial charge < -0.3 is 4.52 Å². The topological polar surface area (TPSA) is 44.8 Å². The molecule has 4 nitrogen and oxygen atoms in total. The molecule has 0 fully saturated rings. The van der Waals surface area contributed by atoms with E-state index in [1.807, 2.05) is 26.0 Å². The van der Waals surface area contributed by atoms with Crippen LogP contribution in [0.1, 0.15) is 46.5 Å². The van der Waals surface area contributed by atoms with Crippen molar-refractivity contribution in [2.75, 3.05) is 14.2 Å². The molecule has 0 heterocycles. The summed E-state index contributed by atoms with van der Waals surface area (Å²) in [5.74, 6) is 0.581. The van der Waals surface area contributed by atoms with E-state index in [-0.39, 0.29) is 0 Å². The minimum absolute atomic E-state index is 0.581. The van der Waals surface area contributed by atoms with Gasteiger partial charge in [-0.1, -0.05) is 26.3 Å². The van der Waals surface area contributed by atoms with Crippen molar-refractivity contribution in [2.45, 2.75) is 46.5 Å². The molecule has 0 bridgehead atoms. The van der Waals surface area contributed by atoms with Crippen LogP contribution in [0.15, 0.2) is 23.5 Å². The highest BCUT2D eigenvalue weighted by atomic mass is 31.2. The van der Waals surface area contributed by atoms with Crippen LogP contribution in [0.4, 0.5) is 0 Å². The smallest absolute Gasteiger partial charge is 0.404 e. The molecule has 0 rings (SSSR count). The van der Waals surface area contributed by atoms with Gasteiger partial charge in [-0.2, -0.15) is 0 Å². The third-order valence-electron chi connectivity index (χ3n) is 2.44. The van der Waals surface area contributed by atoms with Crippen LogP contribution in [-0.2, 0) is 18.1 Å². The maximum absolute atomic E-state index is 12.0. The van der Waals surface area contributed by atoms with Crippen LogP contribution in [0.25, 0.3) is 0 Å². The highest BCUT2D eigenvalue weighted by molar-refractivity contribution is 7.48. The SMILES string of the molecule is CCC=C(C)C(=CCCCC)OP(=O)(OC)OC. The lowest BCUT2D eigenvalue weighted by atomic mass is 10.1. The Balaban J connectivity index is 4.93. The molecule has 0 spiro atoms. The summed E-state index contributed by atoms with van der Waals surface area (Å²) in [6, 6.07) is 0. The monoisotopic (exact) mass is 276 g/mol. The molecule has 0 unspecified atom stereocenters. The van der Waals surface area contributed by atoms with Crippen molar-refractivity contribution in [2.24, 2.45) is 0 Å². The third kappa shape index (κ3) is 6.39. The molecular formula is C13H25O4P. The number of allylic oxidation sites excluding steroid dienone is 3. The van der Waals surface area contributed by atoms with E-state index in [0.717, 1.165) is 31.3 Å². The quantitative estimate of drug-likeness (QED) is 0.262. The molecule has 0 saturated heterocycles. The van der Waals surface area contributed by atoms with E-state index < -0.39 is 7.82 Å². The predicted molar refractivity (Wildman–Crippen MR) is 74.4 cm³/mol. The van der Waals surface area contributed by atoms with E-state index in [1.165, 1.54) is 14.2 Å². The molecular weight excluding hydrogens is 251 g/mol. The average molecular weight is 276 g/mol. The van der Waals surface area contributed by atoms with Gasteiger partial charge in [-0.25, -0.2) is 4.57 Å². The van der Waals surface area contributed by atoms with Crippen molar-refractivity contribution >= 4 is 7.82 Å². The Labute approximate surface area is 111 Å². The van der Waals surface area contributed by atoms with E-state index in [9.17, 15) is 4.57 Å². The van der Waals surface area contributed by atoms with Crippen LogP contribution in [0.5, 0.6) is 0 Å². The van der Waals surface area contributed by atoms with E-state index in [2.05, 4.69) is 6.92 Å². The van der Waals surface area contributed by atoms with Crippen LogP contribution in [-0.4, -0.2) is 14.2 Å². The fourth-order valence-electron chi connectivity index (χ4n) is 1.38. The molecule has 5 heteroatoms. The standard InChI is InChI=1S/C13H25O4P/c1-6-8-9-11-13(12(3)10-7-2)17-18(14,15-4)16-5/h10-11H,6-9H2,1-5H3. The second kappa shape index (κ2) is 9.37. The van der Waals surface area contributed by atoms with Gasteiger partial charge in [0.15, 0.2) is 0 Å². The summed E-state index contributed by atoms with van der Waals surface area (Å²) in [6.45, 7) is 6.09. The Morgan fingerprint density at radius 2 is 1.78 bits per heavy atom. The molecule has 0 aliphatic rings. The Bertz CT molecular complexity index is 326. The van der Waals surface area contributed by atoms with Crippen LogP contribution in [0.2, 0.25) is 0 Å². The Morgan fingerprint density at radius 1 is 1.17 bits per heavy atom. The van der Waals surface area contributed by atoms with Gasteiger partial charge in [-0.15, -0.1) is 0 Å². The minimum Gasteiger partial charge on any atom is -0.404 e. The second-order valence-corrected chi connectivity index (χ2v) is 5.72. The van der Waals surface area contributed by atoms with E-state index >= 15 is 0 Å². The zero-order valence-corrected chi connectivity index (χ0v) is 13.0. The summed E-state index contributed by atoms with van der Waals surface area (Å²) in [5.41, 5.74) is 0.947. The molecule has 106 valence electrons. The fourth-order valence-corrected chi connectivity index (χ4v) is 2.14. The Morgan fingerprint density at radius 3 is 2.22 bits per heavy atom. The number of hydrogen-bond donors (Lipinski definition) is 0. The summed E-state index contributed by atoms with van der Waals surface area (Å²) >= 11 is 0. The maximum Gasteiger partial charge on any atom is 0.529 e. The summed E-state index contributed by atoms with van der Waals surface area (Å²) in [4.78, 5) is 0. The van der Waals surface area contributed by atoms with Crippen molar-refractivity contribution in [3.63, 3.8) is 0 Å². The van der Waals surface area contributed by atoms with Gasteiger partial charge in [0, 0.05) is 14.2 Å². The zero-order valence-electron chi connectivity index (χ0n) is 12.1. The number of phosphoric acid groups is 1. The van der Waals surface area contributed by atoms with Crippen LogP contribution in [0.3, 0.4) is 0 Å². The predicted octanol–water partition coefficient (Wildman–Crippen LogP) is 4.83. The first kappa shape index (κ1) is 17.4. The zero-order chi connectivity index (χ0) is 14.0. The van der Waals surface area contributed by atoms with Gasteiger partial charge in [0.25, 0.3) is 0 Å². The molecule has 18 heavy (non-hydrogen) atoms. The highest BCUT2D eigenvalue weighted by Gasteiger charge is 2.26. The van der Waals surface area contributed by atoms with Crippen molar-refractivity contribution in [3.05, 3.63) is 23.5 Å². The van der Waals surface area contributed by atoms with Crippen LogP contribution < -0.4 is 0 Å². The molecule has 0 aliphatic carbocycles. The van der Waals surface area contributed by atoms with Gasteiger partial charge in [0.1, 0.15) is 5.76 Å². The summed E-state index contributed by atoms with van der Waals surface area (Å²) in [7, 11) is -0.848. The summed E-state index contributed by atoms with van der Waals surface area (Å²) in [5, 5.41) is 0. The van der Waals surface area contributed by atoms with Crippen molar-refractivity contribution in [3.8, 4) is 0 Å². The molecule has 0 N–H and O–H groups in total. The molecule has 0 aromatic carbocycles. The summed E-state index contributed by atoms with van der Waals surface area (Å²) in [6.07, 6.45) is 7.91. The average Bonchev–Trinajstić information content (AvgIpc) is 2.38. The van der Waals surface area contributed by atoms with Crippen LogP contribution >= 0.6 is 7.82 Å². The van der Waals surface area contributed by atoms with Crippen molar-refractivity contribution < 1.29 is 18.1 Å². The normalized spacial score (nSPS) is 13.8. The minimum atomic E-state index is -3.47. The number of hydrogen-bond acceptors (Lipinski definition) is 4. The number of phosphoric ester groups is 1. The molecule has 0 aromatic rings. The highest BCUT2D eigenvalue weighted by Crippen LogP contribution is 2.50. The molecule has 0 amide bonds. The van der Waals surface area contributed by atoms with Crippen LogP contribution in [0, 0.1) is 0 Å². The van der Waals surface area contributed by atoms with Gasteiger partial charge in [0.05, 0.1) is 0 Å². The van der Waals surface area contributed by atoms with E-state index in [4.69, 9.17) is 13.6 Å². The number of rotatable bonds is 9. The fraction of sp³-hybridized carbons (Fsp3) is 0.692. The Hall–Kier alpha value is -0.570. The van der Waals surface area contributed by atoms with Gasteiger partial charge in [-0.3, -0.25) is 9.05 Å². The first-order valence-electron chi connectivity index (χ1n) is 6.31. The number of unbranched alkanes of at least 4 members (excludes halogenated alkanes) is 2. The van der Waals surface area contributed by atoms with Gasteiger partial charge in [0.2, 0.25) is 0 Å². The second-order valence-electron chi connectivity index (χ2n) is 3.91. The van der Waals surface area contributed by atoms with E-state index in [0.29, 0.717) is 5.76 Å². The van der Waals surface area contributed by atoms with E-state index in [1.54, 1.807) is 0 Å². The van der Waals surface area contributed by atoms with Gasteiger partial charge >= 0.3 is 7.82 Å². The lowest BCUT2D eigenvalue weighted by Gasteiger charge is -2.17. The lowest BCUT2D eigenvalue weighted by Crippen LogP contribution is -1.97. The maximum atomic E-state index is 12.0. The third-order valence-corrected chi connectivity index (χ3v) is 3.76. The first-order valence-corrected chi connectivity index (χ1v) is 7.77. The summed E-state index contributed by atoms with van der Waals surface area (Å²) < 4.78 is 27.0. The van der Waals surface area contributed by atoms with Crippen molar-refractivity contribution in [1.82, 2.24) is 0 Å². The first-order chi connectivity index (χ1) is 8.52. The van der Waals surface area contributed by atoms with Crippen molar-refractivity contribution in [1.29, 1.82) is 0 Å². The Kier molecular flexibility index (Phi) is 9.08. The molecule has 0 aliphatic heterocycles. The molecule has 0 radical (unpaired) electrons. The molecule has 0 saturated carbocycles. The largest absolute Gasteiger partial charge is 0.529 e. The molecule has 0 aromatic heterocycles.